The zero-order valence-electron chi connectivity index (χ0n) is 20.5. The molecule has 0 aliphatic carbocycles. The molecule has 3 heterocycles. The summed E-state index contributed by atoms with van der Waals surface area (Å²) in [7, 11) is 0. The van der Waals surface area contributed by atoms with Gasteiger partial charge in [-0.25, -0.2) is 0 Å². The van der Waals surface area contributed by atoms with Crippen molar-refractivity contribution in [1.29, 1.82) is 0 Å². The lowest BCUT2D eigenvalue weighted by Gasteiger charge is -2.01. The molecule has 7 nitrogen and oxygen atoms in total. The molecule has 39 heavy (non-hydrogen) atoms. The van der Waals surface area contributed by atoms with E-state index in [-0.39, 0.29) is 11.8 Å². The molecule has 0 radical (unpaired) electrons. The SMILES string of the molecule is O=C1Nc2ccccc2C1=Cc1ccc(-c2nnc(-c3ccc(C=C4C(=O)Nc5ccccc54)cc3)o2)cc1. The molecule has 7 rings (SSSR count). The Balaban J connectivity index is 1.10. The third-order valence-corrected chi connectivity index (χ3v) is 6.78. The van der Waals surface area contributed by atoms with Gasteiger partial charge in [-0.2, -0.15) is 0 Å². The van der Waals surface area contributed by atoms with Gasteiger partial charge in [0.25, 0.3) is 11.8 Å². The van der Waals surface area contributed by atoms with Gasteiger partial charge >= 0.3 is 0 Å². The van der Waals surface area contributed by atoms with Gasteiger partial charge in [0.2, 0.25) is 11.8 Å². The largest absolute Gasteiger partial charge is 0.416 e. The van der Waals surface area contributed by atoms with Crippen molar-refractivity contribution in [2.75, 3.05) is 10.6 Å². The molecule has 0 saturated heterocycles. The molecule has 186 valence electrons. The molecule has 0 fully saturated rings. The fraction of sp³-hybridized carbons (Fsp3) is 0. The van der Waals surface area contributed by atoms with E-state index in [1.165, 1.54) is 0 Å². The summed E-state index contributed by atoms with van der Waals surface area (Å²) in [5.41, 5.74) is 8.04. The number of nitrogens with zero attached hydrogens (tertiary/aromatic N) is 2. The Bertz CT molecular complexity index is 1700. The maximum absolute atomic E-state index is 12.4. The number of carbonyl (C=O) groups is 2. The van der Waals surface area contributed by atoms with Crippen LogP contribution in [0, 0.1) is 0 Å². The molecule has 2 amide bonds. The molecule has 0 spiro atoms. The fourth-order valence-corrected chi connectivity index (χ4v) is 4.80. The van der Waals surface area contributed by atoms with Crippen molar-refractivity contribution < 1.29 is 14.0 Å². The van der Waals surface area contributed by atoms with E-state index in [1.807, 2.05) is 109 Å². The Morgan fingerprint density at radius 2 is 0.949 bits per heavy atom. The van der Waals surface area contributed by atoms with Crippen molar-refractivity contribution in [2.24, 2.45) is 0 Å². The van der Waals surface area contributed by atoms with E-state index in [9.17, 15) is 9.59 Å². The average Bonchev–Trinajstić information content (AvgIpc) is 3.66. The Kier molecular flexibility index (Phi) is 5.26. The first-order valence-corrected chi connectivity index (χ1v) is 12.4. The summed E-state index contributed by atoms with van der Waals surface area (Å²) in [5.74, 6) is 0.581. The van der Waals surface area contributed by atoms with Crippen molar-refractivity contribution in [2.45, 2.75) is 0 Å². The van der Waals surface area contributed by atoms with Crippen molar-refractivity contribution in [3.63, 3.8) is 0 Å². The molecule has 7 heteroatoms. The standard InChI is InChI=1S/C32H20N4O3/c37-29-25(23-5-1-3-7-27(23)33-29)17-19-9-13-21(14-10-19)31-35-36-32(39-31)22-15-11-20(12-16-22)18-26-24-6-2-4-8-28(24)34-30(26)38/h1-18H,(H,33,37)(H,34,38). The van der Waals surface area contributed by atoms with Gasteiger partial charge in [0, 0.05) is 44.8 Å². The van der Waals surface area contributed by atoms with E-state index < -0.39 is 0 Å². The smallest absolute Gasteiger partial charge is 0.256 e. The quantitative estimate of drug-likeness (QED) is 0.274. The van der Waals surface area contributed by atoms with Crippen LogP contribution in [0.3, 0.4) is 0 Å². The molecular weight excluding hydrogens is 488 g/mol. The molecular formula is C32H20N4O3. The number of nitrogens with one attached hydrogen (secondary N) is 2. The van der Waals surface area contributed by atoms with Crippen molar-refractivity contribution >= 4 is 46.5 Å². The normalized spacial score (nSPS) is 15.8. The molecule has 2 aliphatic rings. The molecule has 1 aromatic heterocycles. The lowest BCUT2D eigenvalue weighted by atomic mass is 10.0. The second-order valence-electron chi connectivity index (χ2n) is 9.27. The lowest BCUT2D eigenvalue weighted by Crippen LogP contribution is -2.03. The van der Waals surface area contributed by atoms with Crippen LogP contribution in [-0.2, 0) is 9.59 Å². The van der Waals surface area contributed by atoms with E-state index in [2.05, 4.69) is 20.8 Å². The Labute approximate surface area is 223 Å². The van der Waals surface area contributed by atoms with Gasteiger partial charge in [-0.1, -0.05) is 60.7 Å². The summed E-state index contributed by atoms with van der Waals surface area (Å²) in [5, 5.41) is 14.2. The number of benzene rings is 4. The van der Waals surface area contributed by atoms with Gasteiger partial charge < -0.3 is 15.1 Å². The molecule has 0 atom stereocenters. The summed E-state index contributed by atoms with van der Waals surface area (Å²) in [6.45, 7) is 0. The maximum Gasteiger partial charge on any atom is 0.256 e. The van der Waals surface area contributed by atoms with E-state index >= 15 is 0 Å². The lowest BCUT2D eigenvalue weighted by molar-refractivity contribution is -0.111. The number of anilines is 2. The first-order chi connectivity index (χ1) is 19.1. The van der Waals surface area contributed by atoms with Gasteiger partial charge in [-0.05, 0) is 59.7 Å². The third-order valence-electron chi connectivity index (χ3n) is 6.78. The number of aromatic nitrogens is 2. The van der Waals surface area contributed by atoms with Gasteiger partial charge in [0.1, 0.15) is 0 Å². The van der Waals surface area contributed by atoms with Crippen LogP contribution in [0.4, 0.5) is 11.4 Å². The minimum atomic E-state index is -0.111. The van der Waals surface area contributed by atoms with Gasteiger partial charge in [-0.15, -0.1) is 10.2 Å². The summed E-state index contributed by atoms with van der Waals surface area (Å²) in [4.78, 5) is 24.8. The van der Waals surface area contributed by atoms with E-state index in [0.717, 1.165) is 44.8 Å². The van der Waals surface area contributed by atoms with Crippen LogP contribution in [0.15, 0.2) is 101 Å². The number of carbonyl (C=O) groups excluding carboxylic acids is 2. The predicted molar refractivity (Wildman–Crippen MR) is 151 cm³/mol. The maximum atomic E-state index is 12.4. The molecule has 0 saturated carbocycles. The number of amides is 2. The molecule has 5 aromatic rings. The Morgan fingerprint density at radius 3 is 1.38 bits per heavy atom. The predicted octanol–water partition coefficient (Wildman–Crippen LogP) is 6.39. The second kappa shape index (κ2) is 9.08. The van der Waals surface area contributed by atoms with Gasteiger partial charge in [-0.3, -0.25) is 9.59 Å². The van der Waals surface area contributed by atoms with Crippen LogP contribution in [-0.4, -0.2) is 22.0 Å². The van der Waals surface area contributed by atoms with E-state index in [0.29, 0.717) is 22.9 Å². The van der Waals surface area contributed by atoms with Gasteiger partial charge in [0.05, 0.1) is 0 Å². The summed E-state index contributed by atoms with van der Waals surface area (Å²) in [6.07, 6.45) is 3.74. The van der Waals surface area contributed by atoms with Crippen LogP contribution in [0.5, 0.6) is 0 Å². The monoisotopic (exact) mass is 508 g/mol. The summed E-state index contributed by atoms with van der Waals surface area (Å²) < 4.78 is 5.95. The minimum absolute atomic E-state index is 0.111. The van der Waals surface area contributed by atoms with E-state index in [4.69, 9.17) is 4.42 Å². The van der Waals surface area contributed by atoms with Crippen molar-refractivity contribution in [3.05, 3.63) is 119 Å². The molecule has 4 aromatic carbocycles. The Morgan fingerprint density at radius 1 is 0.538 bits per heavy atom. The van der Waals surface area contributed by atoms with Crippen LogP contribution in [0.1, 0.15) is 22.3 Å². The van der Waals surface area contributed by atoms with Crippen molar-refractivity contribution in [3.8, 4) is 22.9 Å². The first-order valence-electron chi connectivity index (χ1n) is 12.4. The third kappa shape index (κ3) is 4.12. The number of hydrogen-bond acceptors (Lipinski definition) is 5. The highest BCUT2D eigenvalue weighted by Gasteiger charge is 2.24. The Hall–Kier alpha value is -5.56. The molecule has 0 bridgehead atoms. The van der Waals surface area contributed by atoms with Crippen LogP contribution in [0.25, 0.3) is 46.2 Å². The summed E-state index contributed by atoms with van der Waals surface area (Å²) in [6, 6.07) is 30.5. The number of para-hydroxylation sites is 2. The molecule has 0 unspecified atom stereocenters. The van der Waals surface area contributed by atoms with Crippen LogP contribution in [0.2, 0.25) is 0 Å². The summed E-state index contributed by atoms with van der Waals surface area (Å²) >= 11 is 0. The molecule has 2 N–H and O–H groups in total. The highest BCUT2D eigenvalue weighted by atomic mass is 16.4. The highest BCUT2D eigenvalue weighted by molar-refractivity contribution is 6.35. The number of rotatable bonds is 4. The average molecular weight is 509 g/mol. The topological polar surface area (TPSA) is 97.1 Å². The number of hydrogen-bond donors (Lipinski definition) is 2. The molecule has 2 aliphatic heterocycles. The van der Waals surface area contributed by atoms with Crippen LogP contribution >= 0.6 is 0 Å². The minimum Gasteiger partial charge on any atom is -0.416 e. The number of fused-ring (bicyclic) bond motifs is 2. The fourth-order valence-electron chi connectivity index (χ4n) is 4.80. The van der Waals surface area contributed by atoms with Crippen LogP contribution < -0.4 is 10.6 Å². The highest BCUT2D eigenvalue weighted by Crippen LogP contribution is 2.34. The zero-order chi connectivity index (χ0) is 26.3. The first kappa shape index (κ1) is 22.6. The zero-order valence-corrected chi connectivity index (χ0v) is 20.5. The second-order valence-corrected chi connectivity index (χ2v) is 9.27. The van der Waals surface area contributed by atoms with Gasteiger partial charge in [0.15, 0.2) is 0 Å². The van der Waals surface area contributed by atoms with E-state index in [1.54, 1.807) is 0 Å². The van der Waals surface area contributed by atoms with Crippen molar-refractivity contribution in [1.82, 2.24) is 10.2 Å².